The predicted molar refractivity (Wildman–Crippen MR) is 141 cm³/mol. The van der Waals surface area contributed by atoms with Crippen LogP contribution in [-0.4, -0.2) is 0 Å². The monoisotopic (exact) mass is 422 g/mol. The van der Waals surface area contributed by atoms with Gasteiger partial charge in [-0.1, -0.05) is 82.5 Å². The highest BCUT2D eigenvalue weighted by Crippen LogP contribution is 2.50. The lowest BCUT2D eigenvalue weighted by atomic mass is 9.65. The number of rotatable bonds is 2. The van der Waals surface area contributed by atoms with Crippen LogP contribution in [0.5, 0.6) is 0 Å². The van der Waals surface area contributed by atoms with E-state index in [9.17, 15) is 0 Å². The van der Waals surface area contributed by atoms with Crippen molar-refractivity contribution in [2.75, 3.05) is 0 Å². The molecule has 0 spiro atoms. The molecular formula is C32H38. The topological polar surface area (TPSA) is 0 Å². The molecule has 1 aromatic carbocycles. The number of hydrogen-bond acceptors (Lipinski definition) is 0. The first kappa shape index (κ1) is 25.7. The van der Waals surface area contributed by atoms with E-state index in [4.69, 9.17) is 13.0 Å². The summed E-state index contributed by atoms with van der Waals surface area (Å²) in [5, 5.41) is 0. The van der Waals surface area contributed by atoms with Crippen molar-refractivity contribution in [2.24, 2.45) is 5.41 Å². The van der Waals surface area contributed by atoms with Gasteiger partial charge < -0.3 is 0 Å². The molecule has 4 radical (unpaired) electrons. The van der Waals surface area contributed by atoms with E-state index in [1.54, 1.807) is 6.08 Å². The van der Waals surface area contributed by atoms with Crippen molar-refractivity contribution < 1.29 is 0 Å². The Morgan fingerprint density at radius 2 is 1.94 bits per heavy atom. The summed E-state index contributed by atoms with van der Waals surface area (Å²) in [7, 11) is 0. The van der Waals surface area contributed by atoms with E-state index in [0.29, 0.717) is 0 Å². The molecule has 0 aliphatic heterocycles. The highest BCUT2D eigenvalue weighted by Gasteiger charge is 2.35. The van der Waals surface area contributed by atoms with Crippen LogP contribution in [0.4, 0.5) is 0 Å². The number of allylic oxidation sites excluding steroid dienone is 9. The predicted octanol–water partition coefficient (Wildman–Crippen LogP) is 8.42. The van der Waals surface area contributed by atoms with Crippen LogP contribution in [0.15, 0.2) is 64.3 Å². The van der Waals surface area contributed by atoms with E-state index in [1.807, 2.05) is 13.0 Å². The number of aryl methyl sites for hydroxylation is 1. The van der Waals surface area contributed by atoms with Crippen molar-refractivity contribution >= 4 is 0 Å². The molecule has 0 heteroatoms. The zero-order valence-electron chi connectivity index (χ0n) is 20.6. The number of terminal acetylenes is 1. The Balaban J connectivity index is 0.00000114. The second kappa shape index (κ2) is 10.9. The summed E-state index contributed by atoms with van der Waals surface area (Å²) in [5.41, 5.74) is 10.7. The zero-order chi connectivity index (χ0) is 24.1. The minimum atomic E-state index is 0.0448. The van der Waals surface area contributed by atoms with Gasteiger partial charge in [-0.05, 0) is 103 Å². The van der Waals surface area contributed by atoms with Crippen LogP contribution >= 0.6 is 0 Å². The standard InChI is InChI=1S/C29H31.C3H7/c1-9-10-12-19(2)23(6)28-26-21(4)17-29(7,8)18-25(26)14-11-13-24-16-15-20(3)22(5)27(24)28;1-3-2/h1,4,10-12,14-16,28H,2,5,13,17-18H2,3,6-8H3;1,3H2,2H3/b12-10-,14-11+,21-4?,23-19+;. The van der Waals surface area contributed by atoms with E-state index < -0.39 is 0 Å². The van der Waals surface area contributed by atoms with E-state index in [0.717, 1.165) is 42.4 Å². The Kier molecular flexibility index (Phi) is 8.74. The van der Waals surface area contributed by atoms with Crippen LogP contribution < -0.4 is 0 Å². The maximum absolute atomic E-state index is 6.77. The van der Waals surface area contributed by atoms with Gasteiger partial charge in [0, 0.05) is 5.92 Å². The molecule has 166 valence electrons. The third-order valence-electron chi connectivity index (χ3n) is 6.27. The maximum atomic E-state index is 6.77. The van der Waals surface area contributed by atoms with Crippen molar-refractivity contribution in [1.29, 1.82) is 0 Å². The van der Waals surface area contributed by atoms with Gasteiger partial charge >= 0.3 is 0 Å². The van der Waals surface area contributed by atoms with Gasteiger partial charge in [0.25, 0.3) is 0 Å². The number of hydrogen-bond donors (Lipinski definition) is 0. The fourth-order valence-electron chi connectivity index (χ4n) is 4.74. The molecule has 0 heterocycles. The second-order valence-electron chi connectivity index (χ2n) is 9.66. The Labute approximate surface area is 197 Å². The van der Waals surface area contributed by atoms with Crippen molar-refractivity contribution in [3.8, 4) is 12.3 Å². The van der Waals surface area contributed by atoms with Crippen LogP contribution in [0.2, 0.25) is 0 Å². The van der Waals surface area contributed by atoms with Crippen molar-refractivity contribution in [3.63, 3.8) is 0 Å². The smallest absolute Gasteiger partial charge is 0.0313 e. The molecule has 0 bridgehead atoms. The molecule has 0 saturated heterocycles. The molecule has 0 nitrogen and oxygen atoms in total. The Bertz CT molecular complexity index is 1020. The molecule has 0 aromatic heterocycles. The first-order valence-corrected chi connectivity index (χ1v) is 11.5. The van der Waals surface area contributed by atoms with Crippen molar-refractivity contribution in [1.82, 2.24) is 0 Å². The minimum Gasteiger partial charge on any atom is -0.115 e. The number of benzene rings is 1. The summed E-state index contributed by atoms with van der Waals surface area (Å²) < 4.78 is 0. The third kappa shape index (κ3) is 5.63. The van der Waals surface area contributed by atoms with E-state index in [1.165, 1.54) is 33.4 Å². The molecule has 2 aliphatic rings. The summed E-state index contributed by atoms with van der Waals surface area (Å²) in [4.78, 5) is 0. The number of fused-ring (bicyclic) bond motifs is 1. The summed E-state index contributed by atoms with van der Waals surface area (Å²) in [6, 6.07) is 4.40. The molecule has 0 amide bonds. The van der Waals surface area contributed by atoms with Crippen LogP contribution in [0.1, 0.15) is 75.1 Å². The second-order valence-corrected chi connectivity index (χ2v) is 9.66. The van der Waals surface area contributed by atoms with Crippen LogP contribution in [-0.2, 0) is 6.42 Å². The van der Waals surface area contributed by atoms with E-state index in [2.05, 4.69) is 78.7 Å². The molecule has 0 saturated carbocycles. The molecule has 2 aliphatic carbocycles. The van der Waals surface area contributed by atoms with Crippen LogP contribution in [0.3, 0.4) is 0 Å². The lowest BCUT2D eigenvalue weighted by molar-refractivity contribution is 0.348. The highest BCUT2D eigenvalue weighted by molar-refractivity contribution is 5.61. The van der Waals surface area contributed by atoms with Crippen molar-refractivity contribution in [2.45, 2.75) is 66.2 Å². The molecule has 1 atom stereocenters. The zero-order valence-corrected chi connectivity index (χ0v) is 20.6. The molecular weight excluding hydrogens is 384 g/mol. The van der Waals surface area contributed by atoms with Crippen LogP contribution in [0, 0.1) is 52.0 Å². The van der Waals surface area contributed by atoms with Gasteiger partial charge in [0.2, 0.25) is 0 Å². The van der Waals surface area contributed by atoms with Gasteiger partial charge in [0.15, 0.2) is 0 Å². The van der Waals surface area contributed by atoms with Crippen LogP contribution in [0.25, 0.3) is 0 Å². The first-order valence-electron chi connectivity index (χ1n) is 11.5. The fourth-order valence-corrected chi connectivity index (χ4v) is 4.74. The van der Waals surface area contributed by atoms with Gasteiger partial charge in [-0.25, -0.2) is 0 Å². The van der Waals surface area contributed by atoms with Gasteiger partial charge in [0.05, 0.1) is 0 Å². The van der Waals surface area contributed by atoms with Gasteiger partial charge in [-0.3, -0.25) is 0 Å². The summed E-state index contributed by atoms with van der Waals surface area (Å²) in [5.74, 6) is 2.62. The van der Waals surface area contributed by atoms with Crippen molar-refractivity contribution in [3.05, 3.63) is 114 Å². The van der Waals surface area contributed by atoms with E-state index in [-0.39, 0.29) is 11.3 Å². The summed E-state index contributed by atoms with van der Waals surface area (Å²) >= 11 is 0. The molecule has 3 rings (SSSR count). The average Bonchev–Trinajstić information content (AvgIpc) is 2.70. The lowest BCUT2D eigenvalue weighted by Crippen LogP contribution is -2.24. The quantitative estimate of drug-likeness (QED) is 0.331. The molecule has 1 unspecified atom stereocenters. The SMILES string of the molecule is [CH2]CC.[CH]=C1CC(C)(C)CC2=C1C(/C(C)=C([CH2])/C=C\C#C)c1c(ccc(C)c1[CH2])C/C=C/2. The Hall–Kier alpha value is -2.52. The molecule has 0 N–H and O–H groups in total. The van der Waals surface area contributed by atoms with Gasteiger partial charge in [-0.15, -0.1) is 6.42 Å². The summed E-state index contributed by atoms with van der Waals surface area (Å²) in [6.07, 6.45) is 17.4. The Morgan fingerprint density at radius 3 is 2.56 bits per heavy atom. The third-order valence-corrected chi connectivity index (χ3v) is 6.27. The molecule has 32 heavy (non-hydrogen) atoms. The van der Waals surface area contributed by atoms with E-state index >= 15 is 0 Å². The molecule has 0 fully saturated rings. The maximum Gasteiger partial charge on any atom is 0.0313 e. The Morgan fingerprint density at radius 1 is 1.28 bits per heavy atom. The minimum absolute atomic E-state index is 0.0448. The first-order chi connectivity index (χ1) is 15.1. The lowest BCUT2D eigenvalue weighted by Gasteiger charge is -2.39. The highest BCUT2D eigenvalue weighted by atomic mass is 14.4. The van der Waals surface area contributed by atoms with Gasteiger partial charge in [-0.2, -0.15) is 0 Å². The fraction of sp³-hybridized carbons (Fsp3) is 0.344. The average molecular weight is 423 g/mol. The molecule has 1 aromatic rings. The summed E-state index contributed by atoms with van der Waals surface area (Å²) in [6.45, 7) is 29.9. The normalized spacial score (nSPS) is 21.3. The largest absolute Gasteiger partial charge is 0.115 e. The van der Waals surface area contributed by atoms with Gasteiger partial charge in [0.1, 0.15) is 0 Å².